The normalized spacial score (nSPS) is 13.2. The summed E-state index contributed by atoms with van der Waals surface area (Å²) in [5.41, 5.74) is 1.17. The molecule has 0 saturated heterocycles. The molecule has 0 aliphatic heterocycles. The molecule has 2 atom stereocenters. The van der Waals surface area contributed by atoms with Gasteiger partial charge in [-0.05, 0) is 18.4 Å². The zero-order chi connectivity index (χ0) is 16.0. The van der Waals surface area contributed by atoms with Crippen molar-refractivity contribution in [3.63, 3.8) is 0 Å². The molecule has 0 saturated carbocycles. The monoisotopic (exact) mass is 302 g/mol. The third-order valence-corrected chi connectivity index (χ3v) is 3.60. The van der Waals surface area contributed by atoms with Crippen LogP contribution < -0.4 is 0 Å². The summed E-state index contributed by atoms with van der Waals surface area (Å²) in [5, 5.41) is 10.0. The molecule has 0 aliphatic rings. The van der Waals surface area contributed by atoms with Crippen LogP contribution in [0.4, 0.5) is 0 Å². The van der Waals surface area contributed by atoms with E-state index in [4.69, 9.17) is 4.74 Å². The number of rotatable bonds is 10. The molecular formula is C20H30O2. The van der Waals surface area contributed by atoms with E-state index in [1.165, 1.54) is 18.4 Å². The molecule has 0 aliphatic carbocycles. The van der Waals surface area contributed by atoms with Gasteiger partial charge in [0.1, 0.15) is 6.10 Å². The van der Waals surface area contributed by atoms with E-state index in [1.807, 2.05) is 18.2 Å². The van der Waals surface area contributed by atoms with Gasteiger partial charge in [0.2, 0.25) is 0 Å². The summed E-state index contributed by atoms with van der Waals surface area (Å²) in [6, 6.07) is 10.2. The second-order valence-electron chi connectivity index (χ2n) is 5.74. The van der Waals surface area contributed by atoms with E-state index in [9.17, 15) is 5.11 Å². The highest BCUT2D eigenvalue weighted by Crippen LogP contribution is 2.13. The van der Waals surface area contributed by atoms with Gasteiger partial charge >= 0.3 is 0 Å². The van der Waals surface area contributed by atoms with Crippen LogP contribution in [0.15, 0.2) is 30.3 Å². The van der Waals surface area contributed by atoms with E-state index in [1.54, 1.807) is 0 Å². The van der Waals surface area contributed by atoms with Crippen molar-refractivity contribution in [2.75, 3.05) is 0 Å². The van der Waals surface area contributed by atoms with Gasteiger partial charge in [0.05, 0.1) is 12.7 Å². The minimum atomic E-state index is -0.575. The van der Waals surface area contributed by atoms with Crippen molar-refractivity contribution in [1.29, 1.82) is 0 Å². The molecule has 0 bridgehead atoms. The molecule has 1 N–H and O–H groups in total. The fourth-order valence-electron chi connectivity index (χ4n) is 2.34. The predicted molar refractivity (Wildman–Crippen MR) is 92.5 cm³/mol. The number of hydrogen-bond acceptors (Lipinski definition) is 2. The lowest BCUT2D eigenvalue weighted by Crippen LogP contribution is -2.20. The molecule has 0 fully saturated rings. The second kappa shape index (κ2) is 12.3. The van der Waals surface area contributed by atoms with Gasteiger partial charge in [-0.1, -0.05) is 69.4 Å². The summed E-state index contributed by atoms with van der Waals surface area (Å²) in [5.74, 6) is 6.04. The molecule has 1 unspecified atom stereocenters. The smallest absolute Gasteiger partial charge is 0.117 e. The maximum absolute atomic E-state index is 10.0. The van der Waals surface area contributed by atoms with E-state index in [2.05, 4.69) is 37.8 Å². The minimum absolute atomic E-state index is 0.0742. The lowest BCUT2D eigenvalue weighted by molar-refractivity contribution is 0.00935. The van der Waals surface area contributed by atoms with Crippen LogP contribution in [0.25, 0.3) is 0 Å². The standard InChI is InChI=1S/C20H30O2/c1-3-5-6-7-11-15-19(21)16-20(12-4-2)22-17-18-13-9-8-10-14-18/h8-10,13-14,19-21H,3-7,12,16-17H2,1-2H3/t19?,20-/m0/s1. The Hall–Kier alpha value is -1.30. The van der Waals surface area contributed by atoms with Crippen molar-refractivity contribution in [2.45, 2.75) is 77.6 Å². The first kappa shape index (κ1) is 18.7. The van der Waals surface area contributed by atoms with E-state index in [-0.39, 0.29) is 6.10 Å². The Labute approximate surface area is 135 Å². The van der Waals surface area contributed by atoms with E-state index < -0.39 is 6.10 Å². The molecule has 2 heteroatoms. The number of aliphatic hydroxyl groups is 1. The van der Waals surface area contributed by atoms with Gasteiger partial charge in [0.15, 0.2) is 0 Å². The number of benzene rings is 1. The van der Waals surface area contributed by atoms with Gasteiger partial charge < -0.3 is 9.84 Å². The Kier molecular flexibility index (Phi) is 10.5. The van der Waals surface area contributed by atoms with Crippen molar-refractivity contribution >= 4 is 0 Å². The average Bonchev–Trinajstić information content (AvgIpc) is 2.53. The van der Waals surface area contributed by atoms with Crippen molar-refractivity contribution in [2.24, 2.45) is 0 Å². The van der Waals surface area contributed by atoms with Gasteiger partial charge in [-0.25, -0.2) is 0 Å². The SMILES string of the molecule is CCCCCC#CC(O)C[C@H](CCC)OCc1ccccc1. The van der Waals surface area contributed by atoms with Crippen LogP contribution in [-0.2, 0) is 11.3 Å². The van der Waals surface area contributed by atoms with Gasteiger partial charge in [-0.3, -0.25) is 0 Å². The fourth-order valence-corrected chi connectivity index (χ4v) is 2.34. The molecule has 22 heavy (non-hydrogen) atoms. The summed E-state index contributed by atoms with van der Waals surface area (Å²) in [4.78, 5) is 0. The number of hydrogen-bond donors (Lipinski definition) is 1. The van der Waals surface area contributed by atoms with Crippen LogP contribution >= 0.6 is 0 Å². The molecular weight excluding hydrogens is 272 g/mol. The third kappa shape index (κ3) is 8.87. The Bertz CT molecular complexity index is 430. The number of aliphatic hydroxyl groups excluding tert-OH is 1. The molecule has 0 radical (unpaired) electrons. The van der Waals surface area contributed by atoms with E-state index in [0.717, 1.165) is 25.7 Å². The quantitative estimate of drug-likeness (QED) is 0.501. The highest BCUT2D eigenvalue weighted by atomic mass is 16.5. The van der Waals surface area contributed by atoms with E-state index >= 15 is 0 Å². The number of unbranched alkanes of at least 4 members (excludes halogenated alkanes) is 3. The lowest BCUT2D eigenvalue weighted by atomic mass is 10.1. The maximum atomic E-state index is 10.0. The summed E-state index contributed by atoms with van der Waals surface area (Å²) in [6.07, 6.45) is 6.53. The number of ether oxygens (including phenoxy) is 1. The summed E-state index contributed by atoms with van der Waals surface area (Å²) < 4.78 is 5.96. The molecule has 0 heterocycles. The van der Waals surface area contributed by atoms with Crippen LogP contribution in [0.1, 0.15) is 64.4 Å². The van der Waals surface area contributed by atoms with Crippen molar-refractivity contribution in [1.82, 2.24) is 0 Å². The second-order valence-corrected chi connectivity index (χ2v) is 5.74. The first-order valence-electron chi connectivity index (χ1n) is 8.58. The van der Waals surface area contributed by atoms with Gasteiger partial charge in [-0.2, -0.15) is 0 Å². The van der Waals surface area contributed by atoms with E-state index in [0.29, 0.717) is 13.0 Å². The molecule has 0 spiro atoms. The fraction of sp³-hybridized carbons (Fsp3) is 0.600. The Morgan fingerprint density at radius 1 is 1.09 bits per heavy atom. The lowest BCUT2D eigenvalue weighted by Gasteiger charge is -2.18. The summed E-state index contributed by atoms with van der Waals surface area (Å²) in [7, 11) is 0. The highest BCUT2D eigenvalue weighted by molar-refractivity contribution is 5.13. The first-order chi connectivity index (χ1) is 10.8. The topological polar surface area (TPSA) is 29.5 Å². The van der Waals surface area contributed by atoms with Crippen LogP contribution in [0.2, 0.25) is 0 Å². The Morgan fingerprint density at radius 2 is 1.86 bits per heavy atom. The zero-order valence-electron chi connectivity index (χ0n) is 14.1. The van der Waals surface area contributed by atoms with Crippen molar-refractivity contribution in [3.8, 4) is 11.8 Å². The molecule has 0 aromatic heterocycles. The van der Waals surface area contributed by atoms with Crippen molar-refractivity contribution < 1.29 is 9.84 Å². The predicted octanol–water partition coefficient (Wildman–Crippen LogP) is 4.71. The minimum Gasteiger partial charge on any atom is -0.380 e. The third-order valence-electron chi connectivity index (χ3n) is 3.60. The molecule has 1 aromatic carbocycles. The maximum Gasteiger partial charge on any atom is 0.117 e. The van der Waals surface area contributed by atoms with Crippen molar-refractivity contribution in [3.05, 3.63) is 35.9 Å². The largest absolute Gasteiger partial charge is 0.380 e. The summed E-state index contributed by atoms with van der Waals surface area (Å²) in [6.45, 7) is 4.92. The van der Waals surface area contributed by atoms with Gasteiger partial charge in [0, 0.05) is 12.8 Å². The molecule has 122 valence electrons. The molecule has 0 amide bonds. The molecule has 2 nitrogen and oxygen atoms in total. The van der Waals surface area contributed by atoms with Crippen LogP contribution in [0.5, 0.6) is 0 Å². The Balaban J connectivity index is 2.35. The van der Waals surface area contributed by atoms with Crippen LogP contribution in [0, 0.1) is 11.8 Å². The first-order valence-corrected chi connectivity index (χ1v) is 8.58. The Morgan fingerprint density at radius 3 is 2.55 bits per heavy atom. The van der Waals surface area contributed by atoms with Crippen LogP contribution in [-0.4, -0.2) is 17.3 Å². The zero-order valence-corrected chi connectivity index (χ0v) is 14.1. The summed E-state index contributed by atoms with van der Waals surface area (Å²) >= 11 is 0. The molecule has 1 rings (SSSR count). The average molecular weight is 302 g/mol. The van der Waals surface area contributed by atoms with Gasteiger partial charge in [0.25, 0.3) is 0 Å². The van der Waals surface area contributed by atoms with Gasteiger partial charge in [-0.15, -0.1) is 5.92 Å². The molecule has 1 aromatic rings. The van der Waals surface area contributed by atoms with Crippen LogP contribution in [0.3, 0.4) is 0 Å². The highest BCUT2D eigenvalue weighted by Gasteiger charge is 2.13.